The van der Waals surface area contributed by atoms with E-state index in [-0.39, 0.29) is 7.43 Å². The van der Waals surface area contributed by atoms with Crippen LogP contribution in [0.25, 0.3) is 22.0 Å². The summed E-state index contributed by atoms with van der Waals surface area (Å²) in [7, 11) is 1.70. The second kappa shape index (κ2) is 9.69. The van der Waals surface area contributed by atoms with Crippen molar-refractivity contribution in [2.24, 2.45) is 0 Å². The van der Waals surface area contributed by atoms with Crippen LogP contribution in [0.5, 0.6) is 5.75 Å². The van der Waals surface area contributed by atoms with Crippen LogP contribution in [0.4, 0.5) is 5.82 Å². The molecular formula is C27H35N3O. The summed E-state index contributed by atoms with van der Waals surface area (Å²) in [5, 5.41) is 2.51. The average molecular weight is 418 g/mol. The van der Waals surface area contributed by atoms with Gasteiger partial charge in [-0.25, -0.2) is 4.98 Å². The lowest BCUT2D eigenvalue weighted by molar-refractivity contribution is 0.141. The number of benzene rings is 2. The maximum atomic E-state index is 5.32. The van der Waals surface area contributed by atoms with Crippen LogP contribution in [-0.4, -0.2) is 49.2 Å². The number of rotatable bonds is 4. The van der Waals surface area contributed by atoms with Gasteiger partial charge in [-0.3, -0.25) is 0 Å². The number of hydrogen-bond donors (Lipinski definition) is 0. The number of methoxy groups -OCH3 is 1. The van der Waals surface area contributed by atoms with Crippen LogP contribution < -0.4 is 9.64 Å². The van der Waals surface area contributed by atoms with Gasteiger partial charge in [-0.15, -0.1) is 0 Å². The minimum absolute atomic E-state index is 0. The Balaban J connectivity index is 0.00000231. The Morgan fingerprint density at radius 1 is 0.871 bits per heavy atom. The Bertz CT molecular complexity index is 987. The summed E-state index contributed by atoms with van der Waals surface area (Å²) in [6, 6.07) is 19.8. The highest BCUT2D eigenvalue weighted by Gasteiger charge is 2.27. The quantitative estimate of drug-likeness (QED) is 0.520. The van der Waals surface area contributed by atoms with Gasteiger partial charge in [0.05, 0.1) is 12.8 Å². The molecule has 5 rings (SSSR count). The lowest BCUT2D eigenvalue weighted by atomic mass is 9.99. The van der Waals surface area contributed by atoms with Crippen molar-refractivity contribution in [1.29, 1.82) is 0 Å². The third kappa shape index (κ3) is 4.54. The minimum atomic E-state index is 0. The molecule has 0 N–H and O–H groups in total. The van der Waals surface area contributed by atoms with E-state index in [0.717, 1.165) is 42.0 Å². The molecule has 3 aromatic rings. The largest absolute Gasteiger partial charge is 0.497 e. The first-order valence-electron chi connectivity index (χ1n) is 11.3. The first-order valence-corrected chi connectivity index (χ1v) is 11.3. The molecule has 0 aliphatic carbocycles. The van der Waals surface area contributed by atoms with E-state index in [2.05, 4.69) is 52.3 Å². The Labute approximate surface area is 186 Å². The number of ether oxygens (including phenoxy) is 1. The zero-order valence-electron chi connectivity index (χ0n) is 17.9. The van der Waals surface area contributed by atoms with Crippen molar-refractivity contribution in [2.45, 2.75) is 45.6 Å². The fraction of sp³-hybridized carbons (Fsp3) is 0.444. The Kier molecular flexibility index (Phi) is 6.77. The van der Waals surface area contributed by atoms with Gasteiger partial charge in [-0.1, -0.05) is 38.1 Å². The zero-order valence-corrected chi connectivity index (χ0v) is 17.9. The second-order valence-electron chi connectivity index (χ2n) is 8.60. The fourth-order valence-electron chi connectivity index (χ4n) is 5.06. The summed E-state index contributed by atoms with van der Waals surface area (Å²) in [5.74, 6) is 2.01. The van der Waals surface area contributed by atoms with Crippen LogP contribution in [0.3, 0.4) is 0 Å². The van der Waals surface area contributed by atoms with Crippen LogP contribution in [0.2, 0.25) is 0 Å². The first kappa shape index (κ1) is 21.6. The molecule has 0 saturated carbocycles. The molecule has 2 aliphatic rings. The predicted molar refractivity (Wildman–Crippen MR) is 131 cm³/mol. The van der Waals surface area contributed by atoms with E-state index >= 15 is 0 Å². The molecule has 2 aromatic carbocycles. The number of hydrogen-bond acceptors (Lipinski definition) is 4. The normalized spacial score (nSPS) is 18.0. The molecule has 2 fully saturated rings. The Morgan fingerprint density at radius 3 is 2.29 bits per heavy atom. The van der Waals surface area contributed by atoms with Crippen LogP contribution >= 0.6 is 0 Å². The lowest BCUT2D eigenvalue weighted by Crippen LogP contribution is -2.47. The average Bonchev–Trinajstić information content (AvgIpc) is 2.84. The molecule has 0 radical (unpaired) electrons. The molecular weight excluding hydrogens is 382 g/mol. The van der Waals surface area contributed by atoms with E-state index in [1.807, 2.05) is 12.1 Å². The Hall–Kier alpha value is -2.59. The number of pyridine rings is 1. The monoisotopic (exact) mass is 417 g/mol. The van der Waals surface area contributed by atoms with E-state index in [1.165, 1.54) is 56.0 Å². The van der Waals surface area contributed by atoms with Gasteiger partial charge in [-0.2, -0.15) is 0 Å². The third-order valence-corrected chi connectivity index (χ3v) is 6.78. The highest BCUT2D eigenvalue weighted by molar-refractivity contribution is 5.95. The van der Waals surface area contributed by atoms with Crippen molar-refractivity contribution >= 4 is 16.6 Å². The van der Waals surface area contributed by atoms with Crippen LogP contribution in [0, 0.1) is 0 Å². The minimum Gasteiger partial charge on any atom is -0.497 e. The molecule has 0 unspecified atom stereocenters. The van der Waals surface area contributed by atoms with E-state index in [4.69, 9.17) is 9.72 Å². The van der Waals surface area contributed by atoms with Crippen LogP contribution in [0.15, 0.2) is 54.6 Å². The molecule has 4 nitrogen and oxygen atoms in total. The highest BCUT2D eigenvalue weighted by Crippen LogP contribution is 2.33. The van der Waals surface area contributed by atoms with Gasteiger partial charge >= 0.3 is 0 Å². The van der Waals surface area contributed by atoms with Crippen molar-refractivity contribution in [2.75, 3.05) is 38.2 Å². The molecule has 0 bridgehead atoms. The molecule has 0 atom stereocenters. The molecule has 2 aliphatic heterocycles. The molecule has 164 valence electrons. The SMILES string of the molecule is C.COc1ccc(-c2cc3ccccc3c(N3CCC(N4CCCCC4)CC3)n2)cc1. The van der Waals surface area contributed by atoms with Gasteiger partial charge < -0.3 is 14.5 Å². The van der Waals surface area contributed by atoms with E-state index in [1.54, 1.807) is 7.11 Å². The van der Waals surface area contributed by atoms with Crippen molar-refractivity contribution < 1.29 is 4.74 Å². The molecule has 4 heteroatoms. The van der Waals surface area contributed by atoms with Gasteiger partial charge in [0.2, 0.25) is 0 Å². The second-order valence-corrected chi connectivity index (χ2v) is 8.60. The highest BCUT2D eigenvalue weighted by atomic mass is 16.5. The van der Waals surface area contributed by atoms with Gasteiger partial charge in [0, 0.05) is 30.1 Å². The number of likely N-dealkylation sites (tertiary alicyclic amines) is 1. The molecule has 0 amide bonds. The lowest BCUT2D eigenvalue weighted by Gasteiger charge is -2.40. The summed E-state index contributed by atoms with van der Waals surface area (Å²) < 4.78 is 5.32. The first-order chi connectivity index (χ1) is 14.8. The molecule has 31 heavy (non-hydrogen) atoms. The van der Waals surface area contributed by atoms with Gasteiger partial charge in [-0.05, 0) is 74.5 Å². The molecule has 3 heterocycles. The Morgan fingerprint density at radius 2 is 1.58 bits per heavy atom. The zero-order chi connectivity index (χ0) is 20.3. The van der Waals surface area contributed by atoms with Crippen molar-refractivity contribution in [3.8, 4) is 17.0 Å². The van der Waals surface area contributed by atoms with E-state index in [0.29, 0.717) is 0 Å². The fourth-order valence-corrected chi connectivity index (χ4v) is 5.06. The predicted octanol–water partition coefficient (Wildman–Crippen LogP) is 6.00. The van der Waals surface area contributed by atoms with Gasteiger partial charge in [0.1, 0.15) is 11.6 Å². The third-order valence-electron chi connectivity index (χ3n) is 6.78. The van der Waals surface area contributed by atoms with Crippen molar-refractivity contribution in [3.05, 3.63) is 54.6 Å². The maximum Gasteiger partial charge on any atom is 0.137 e. The topological polar surface area (TPSA) is 28.6 Å². The van der Waals surface area contributed by atoms with Crippen molar-refractivity contribution in [1.82, 2.24) is 9.88 Å². The van der Waals surface area contributed by atoms with Crippen LogP contribution in [0.1, 0.15) is 39.5 Å². The smallest absolute Gasteiger partial charge is 0.137 e. The summed E-state index contributed by atoms with van der Waals surface area (Å²) in [6.07, 6.45) is 6.63. The number of fused-ring (bicyclic) bond motifs is 1. The molecule has 1 aromatic heterocycles. The van der Waals surface area contributed by atoms with Crippen LogP contribution in [-0.2, 0) is 0 Å². The van der Waals surface area contributed by atoms with E-state index < -0.39 is 0 Å². The molecule has 2 saturated heterocycles. The maximum absolute atomic E-state index is 5.32. The van der Waals surface area contributed by atoms with E-state index in [9.17, 15) is 0 Å². The van der Waals surface area contributed by atoms with Gasteiger partial charge in [0.15, 0.2) is 0 Å². The number of anilines is 1. The molecule has 0 spiro atoms. The number of piperidine rings is 2. The standard InChI is InChI=1S/C26H31N3O.CH4/c1-30-23-11-9-20(10-12-23)25-19-21-7-3-4-8-24(21)26(27-25)29-17-13-22(14-18-29)28-15-5-2-6-16-28;/h3-4,7-12,19,22H,2,5-6,13-18H2,1H3;1H4. The summed E-state index contributed by atoms with van der Waals surface area (Å²) in [6.45, 7) is 4.76. The number of nitrogens with zero attached hydrogens (tertiary/aromatic N) is 3. The van der Waals surface area contributed by atoms with Gasteiger partial charge in [0.25, 0.3) is 0 Å². The summed E-state index contributed by atoms with van der Waals surface area (Å²) in [4.78, 5) is 10.4. The van der Waals surface area contributed by atoms with Crippen molar-refractivity contribution in [3.63, 3.8) is 0 Å². The summed E-state index contributed by atoms with van der Waals surface area (Å²) >= 11 is 0. The summed E-state index contributed by atoms with van der Waals surface area (Å²) in [5.41, 5.74) is 2.16. The number of aromatic nitrogens is 1.